The largest absolute Gasteiger partial charge is 0.303 e. The van der Waals surface area contributed by atoms with Crippen LogP contribution in [0.1, 0.15) is 15.6 Å². The summed E-state index contributed by atoms with van der Waals surface area (Å²) >= 11 is 4.45. The summed E-state index contributed by atoms with van der Waals surface area (Å²) in [6.45, 7) is 0. The number of aryl methyl sites for hydroxylation is 2. The van der Waals surface area contributed by atoms with E-state index < -0.39 is 0 Å². The van der Waals surface area contributed by atoms with Crippen LogP contribution in [0.15, 0.2) is 24.3 Å². The van der Waals surface area contributed by atoms with Gasteiger partial charge in [-0.1, -0.05) is 34.8 Å². The average Bonchev–Trinajstić information content (AvgIpc) is 3.31. The number of thioether (sulfide) groups is 1. The molecule has 3 rings (SSSR count). The predicted octanol–water partition coefficient (Wildman–Crippen LogP) is 2.80. The highest BCUT2D eigenvalue weighted by atomic mass is 32.2. The SMILES string of the molecule is O=CNc1nnc(CCSCCc2nnc(NC(=O)Cc3cccc(F)c3)s2)s1. The third-order valence-corrected chi connectivity index (χ3v) is 6.33. The van der Waals surface area contributed by atoms with Gasteiger partial charge < -0.3 is 10.6 Å². The van der Waals surface area contributed by atoms with Gasteiger partial charge in [-0.05, 0) is 29.2 Å². The second-order valence-electron chi connectivity index (χ2n) is 5.73. The maximum Gasteiger partial charge on any atom is 0.230 e. The lowest BCUT2D eigenvalue weighted by molar-refractivity contribution is -0.115. The van der Waals surface area contributed by atoms with E-state index in [-0.39, 0.29) is 18.1 Å². The van der Waals surface area contributed by atoms with Gasteiger partial charge in [0, 0.05) is 12.8 Å². The van der Waals surface area contributed by atoms with Gasteiger partial charge >= 0.3 is 0 Å². The topological polar surface area (TPSA) is 110 Å². The smallest absolute Gasteiger partial charge is 0.230 e. The molecule has 2 N–H and O–H groups in total. The van der Waals surface area contributed by atoms with E-state index in [4.69, 9.17) is 0 Å². The summed E-state index contributed by atoms with van der Waals surface area (Å²) < 4.78 is 13.2. The van der Waals surface area contributed by atoms with Crippen LogP contribution >= 0.6 is 34.4 Å². The summed E-state index contributed by atoms with van der Waals surface area (Å²) in [6.07, 6.45) is 2.19. The van der Waals surface area contributed by atoms with Crippen LogP contribution in [0.4, 0.5) is 14.7 Å². The highest BCUT2D eigenvalue weighted by molar-refractivity contribution is 7.99. The number of nitrogens with zero attached hydrogens (tertiary/aromatic N) is 4. The summed E-state index contributed by atoms with van der Waals surface area (Å²) in [5.41, 5.74) is 0.605. The first-order valence-corrected chi connectivity index (χ1v) is 11.4. The van der Waals surface area contributed by atoms with Crippen molar-refractivity contribution in [3.63, 3.8) is 0 Å². The number of carbonyl (C=O) groups is 2. The van der Waals surface area contributed by atoms with Crippen LogP contribution in [0.3, 0.4) is 0 Å². The van der Waals surface area contributed by atoms with E-state index in [1.165, 1.54) is 34.8 Å². The minimum Gasteiger partial charge on any atom is -0.303 e. The van der Waals surface area contributed by atoms with Gasteiger partial charge in [-0.3, -0.25) is 9.59 Å². The van der Waals surface area contributed by atoms with Crippen molar-refractivity contribution in [2.75, 3.05) is 22.1 Å². The Morgan fingerprint density at radius 3 is 2.45 bits per heavy atom. The van der Waals surface area contributed by atoms with E-state index in [1.807, 2.05) is 0 Å². The van der Waals surface area contributed by atoms with Crippen LogP contribution in [0, 0.1) is 5.82 Å². The van der Waals surface area contributed by atoms with Crippen LogP contribution in [0.2, 0.25) is 0 Å². The van der Waals surface area contributed by atoms with Crippen LogP contribution in [-0.2, 0) is 28.9 Å². The molecular formula is C17H17FN6O2S3. The van der Waals surface area contributed by atoms with Gasteiger partial charge in [0.15, 0.2) is 0 Å². The Morgan fingerprint density at radius 1 is 1.07 bits per heavy atom. The monoisotopic (exact) mass is 452 g/mol. The molecular weight excluding hydrogens is 435 g/mol. The number of hydrogen-bond donors (Lipinski definition) is 2. The Hall–Kier alpha value is -2.44. The molecule has 0 radical (unpaired) electrons. The summed E-state index contributed by atoms with van der Waals surface area (Å²) in [5, 5.41) is 23.8. The fourth-order valence-electron chi connectivity index (χ4n) is 2.29. The Kier molecular flexibility index (Phi) is 8.02. The average molecular weight is 453 g/mol. The molecule has 0 aliphatic rings. The Morgan fingerprint density at radius 2 is 1.76 bits per heavy atom. The molecule has 0 atom stereocenters. The highest BCUT2D eigenvalue weighted by Crippen LogP contribution is 2.19. The zero-order valence-electron chi connectivity index (χ0n) is 15.1. The van der Waals surface area contributed by atoms with Crippen molar-refractivity contribution in [1.82, 2.24) is 20.4 Å². The molecule has 0 unspecified atom stereocenters. The van der Waals surface area contributed by atoms with Crippen LogP contribution < -0.4 is 10.6 Å². The van der Waals surface area contributed by atoms with Crippen molar-refractivity contribution in [3.05, 3.63) is 45.7 Å². The van der Waals surface area contributed by atoms with Crippen LogP contribution in [0.25, 0.3) is 0 Å². The van der Waals surface area contributed by atoms with Crippen molar-refractivity contribution in [2.45, 2.75) is 19.3 Å². The molecule has 29 heavy (non-hydrogen) atoms. The second kappa shape index (κ2) is 10.9. The number of anilines is 2. The van der Waals surface area contributed by atoms with E-state index in [0.29, 0.717) is 22.2 Å². The molecule has 0 aliphatic carbocycles. The van der Waals surface area contributed by atoms with Gasteiger partial charge in [-0.25, -0.2) is 4.39 Å². The normalized spacial score (nSPS) is 10.7. The first-order chi connectivity index (χ1) is 14.1. The number of halogens is 1. The van der Waals surface area contributed by atoms with Gasteiger partial charge in [0.25, 0.3) is 0 Å². The van der Waals surface area contributed by atoms with E-state index in [9.17, 15) is 14.0 Å². The molecule has 2 amide bonds. The molecule has 0 saturated carbocycles. The van der Waals surface area contributed by atoms with Crippen molar-refractivity contribution >= 4 is 57.0 Å². The molecule has 1 aromatic carbocycles. The summed E-state index contributed by atoms with van der Waals surface area (Å²) in [6, 6.07) is 5.95. The molecule has 0 saturated heterocycles. The number of aromatic nitrogens is 4. The molecule has 8 nitrogen and oxygen atoms in total. The third kappa shape index (κ3) is 7.15. The Balaban J connectivity index is 1.35. The molecule has 0 aliphatic heterocycles. The van der Waals surface area contributed by atoms with Gasteiger partial charge in [0.1, 0.15) is 15.8 Å². The minimum absolute atomic E-state index is 0.0816. The standard InChI is InChI=1S/C17H17FN6O2S3/c18-12-3-1-2-11(8-12)9-13(26)20-17-24-22-15(29-17)5-7-27-6-4-14-21-23-16(28-14)19-10-25/h1-3,8,10H,4-7,9H2,(H,19,23,25)(H,20,24,26). The lowest BCUT2D eigenvalue weighted by Crippen LogP contribution is -2.14. The quantitative estimate of drug-likeness (QED) is 0.340. The van der Waals surface area contributed by atoms with Gasteiger partial charge in [0.2, 0.25) is 22.6 Å². The van der Waals surface area contributed by atoms with Crippen LogP contribution in [-0.4, -0.2) is 44.2 Å². The van der Waals surface area contributed by atoms with Crippen molar-refractivity contribution in [2.24, 2.45) is 0 Å². The molecule has 3 aromatic rings. The van der Waals surface area contributed by atoms with Gasteiger partial charge in [-0.2, -0.15) is 11.8 Å². The molecule has 0 bridgehead atoms. The first kappa shape index (κ1) is 21.3. The Bertz CT molecular complexity index is 964. The van der Waals surface area contributed by atoms with E-state index in [0.717, 1.165) is 34.4 Å². The first-order valence-electron chi connectivity index (χ1n) is 8.59. The van der Waals surface area contributed by atoms with E-state index >= 15 is 0 Å². The maximum atomic E-state index is 13.2. The number of hydrogen-bond acceptors (Lipinski definition) is 9. The fraction of sp³-hybridized carbons (Fsp3) is 0.294. The minimum atomic E-state index is -0.366. The molecule has 152 valence electrons. The lowest BCUT2D eigenvalue weighted by atomic mass is 10.1. The van der Waals surface area contributed by atoms with Crippen LogP contribution in [0.5, 0.6) is 0 Å². The van der Waals surface area contributed by atoms with Crippen molar-refractivity contribution in [3.8, 4) is 0 Å². The maximum absolute atomic E-state index is 13.2. The third-order valence-electron chi connectivity index (χ3n) is 3.54. The summed E-state index contributed by atoms with van der Waals surface area (Å²) in [7, 11) is 0. The summed E-state index contributed by atoms with van der Waals surface area (Å²) in [5.74, 6) is 1.12. The Labute approximate surface area is 178 Å². The number of benzene rings is 1. The zero-order chi connectivity index (χ0) is 20.5. The number of amides is 2. The number of nitrogens with one attached hydrogen (secondary N) is 2. The van der Waals surface area contributed by atoms with Gasteiger partial charge in [-0.15, -0.1) is 20.4 Å². The van der Waals surface area contributed by atoms with Gasteiger partial charge in [0.05, 0.1) is 6.42 Å². The van der Waals surface area contributed by atoms with E-state index in [2.05, 4.69) is 31.0 Å². The molecule has 2 aromatic heterocycles. The lowest BCUT2D eigenvalue weighted by Gasteiger charge is -2.01. The van der Waals surface area contributed by atoms with Crippen molar-refractivity contribution < 1.29 is 14.0 Å². The molecule has 0 fully saturated rings. The number of rotatable bonds is 11. The van der Waals surface area contributed by atoms with E-state index in [1.54, 1.807) is 23.9 Å². The number of carbonyl (C=O) groups excluding carboxylic acids is 2. The summed E-state index contributed by atoms with van der Waals surface area (Å²) in [4.78, 5) is 22.4. The molecule has 2 heterocycles. The predicted molar refractivity (Wildman–Crippen MR) is 113 cm³/mol. The zero-order valence-corrected chi connectivity index (χ0v) is 17.6. The molecule has 12 heteroatoms. The highest BCUT2D eigenvalue weighted by Gasteiger charge is 2.10. The van der Waals surface area contributed by atoms with Crippen molar-refractivity contribution in [1.29, 1.82) is 0 Å². The second-order valence-corrected chi connectivity index (χ2v) is 9.08. The fourth-order valence-corrected chi connectivity index (χ4v) is 4.88. The molecule has 0 spiro atoms.